The van der Waals surface area contributed by atoms with E-state index in [1.165, 1.54) is 6.92 Å². The third-order valence-electron chi connectivity index (χ3n) is 7.65. The van der Waals surface area contributed by atoms with Crippen molar-refractivity contribution in [3.8, 4) is 11.5 Å². The van der Waals surface area contributed by atoms with E-state index in [1.54, 1.807) is 42.2 Å². The standard InChI is InChI=1S/C25H33ClN2O7.C8H10O2/c1-16(29)35-15-25(2,3)14-28-20-5-4-19(26)11-18(20)13-34-21(24(28)33)12-22(30)27-8-6-17(7-9-27)10-23(31)32;1-9-7-5-3-4-6-8(7)10-2/h4-5,11,17,21H,6-10,12-15H2,1-3H3,(H,31,32);3-6H,1-2H3. The SMILES string of the molecule is CC(=O)OCC(C)(C)CN1C(=O)C(CC(=O)N2CCC(CC(=O)O)CC2)OCc2cc(Cl)ccc21.COc1ccccc1OC. The maximum Gasteiger partial charge on any atom is 0.303 e. The number of carboxylic acid groups (broad SMARTS) is 1. The van der Waals surface area contributed by atoms with Crippen LogP contribution < -0.4 is 14.4 Å². The molecule has 1 unspecified atom stereocenters. The molecule has 2 aromatic carbocycles. The van der Waals surface area contributed by atoms with Gasteiger partial charge in [-0.1, -0.05) is 37.6 Å². The fraction of sp³-hybridized carbons (Fsp3) is 0.515. The molecule has 1 saturated heterocycles. The van der Waals surface area contributed by atoms with Crippen molar-refractivity contribution in [2.45, 2.75) is 59.2 Å². The van der Waals surface area contributed by atoms with Gasteiger partial charge in [-0.05, 0) is 49.1 Å². The molecule has 0 aromatic heterocycles. The van der Waals surface area contributed by atoms with Gasteiger partial charge < -0.3 is 33.9 Å². The molecule has 0 radical (unpaired) electrons. The summed E-state index contributed by atoms with van der Waals surface area (Å²) in [5, 5.41) is 9.51. The molecule has 4 rings (SSSR count). The Hall–Kier alpha value is -3.83. The van der Waals surface area contributed by atoms with Gasteiger partial charge in [0.25, 0.3) is 5.91 Å². The van der Waals surface area contributed by atoms with Crippen molar-refractivity contribution >= 4 is 41.0 Å². The summed E-state index contributed by atoms with van der Waals surface area (Å²) >= 11 is 6.18. The van der Waals surface area contributed by atoms with Crippen molar-refractivity contribution in [3.05, 3.63) is 53.1 Å². The molecule has 2 aromatic rings. The molecule has 0 bridgehead atoms. The van der Waals surface area contributed by atoms with Gasteiger partial charge in [-0.3, -0.25) is 19.2 Å². The van der Waals surface area contributed by atoms with Gasteiger partial charge >= 0.3 is 11.9 Å². The van der Waals surface area contributed by atoms with Crippen LogP contribution in [0.1, 0.15) is 52.0 Å². The maximum atomic E-state index is 13.6. The van der Waals surface area contributed by atoms with Crippen LogP contribution >= 0.6 is 11.6 Å². The highest BCUT2D eigenvalue weighted by atomic mass is 35.5. The average molecular weight is 647 g/mol. The molecule has 11 nitrogen and oxygen atoms in total. The van der Waals surface area contributed by atoms with Crippen LogP contribution in [0.3, 0.4) is 0 Å². The number of fused-ring (bicyclic) bond motifs is 1. The molecule has 1 N–H and O–H groups in total. The zero-order valence-electron chi connectivity index (χ0n) is 26.5. The first-order valence-corrected chi connectivity index (χ1v) is 15.2. The Morgan fingerprint density at radius 2 is 1.64 bits per heavy atom. The summed E-state index contributed by atoms with van der Waals surface area (Å²) in [6, 6.07) is 12.7. The van der Waals surface area contributed by atoms with E-state index in [-0.39, 0.29) is 50.3 Å². The summed E-state index contributed by atoms with van der Waals surface area (Å²) in [6.07, 6.45) is 0.265. The van der Waals surface area contributed by atoms with Gasteiger partial charge in [-0.15, -0.1) is 0 Å². The number of esters is 1. The molecule has 2 aliphatic rings. The largest absolute Gasteiger partial charge is 0.493 e. The Morgan fingerprint density at radius 3 is 2.20 bits per heavy atom. The van der Waals surface area contributed by atoms with Crippen LogP contribution in [-0.2, 0) is 35.3 Å². The summed E-state index contributed by atoms with van der Waals surface area (Å²) in [7, 11) is 3.25. The van der Waals surface area contributed by atoms with Crippen molar-refractivity contribution in [2.75, 3.05) is 45.4 Å². The van der Waals surface area contributed by atoms with Crippen molar-refractivity contribution in [1.29, 1.82) is 0 Å². The first-order chi connectivity index (χ1) is 21.3. The summed E-state index contributed by atoms with van der Waals surface area (Å²) in [4.78, 5) is 52.2. The highest BCUT2D eigenvalue weighted by molar-refractivity contribution is 6.30. The van der Waals surface area contributed by atoms with Gasteiger partial charge in [0, 0.05) is 54.7 Å². The summed E-state index contributed by atoms with van der Waals surface area (Å²) < 4.78 is 21.1. The molecule has 0 aliphatic carbocycles. The number of aliphatic carboxylic acids is 1. The van der Waals surface area contributed by atoms with E-state index in [9.17, 15) is 19.2 Å². The number of methoxy groups -OCH3 is 2. The highest BCUT2D eigenvalue weighted by Crippen LogP contribution is 2.33. The number of benzene rings is 2. The van der Waals surface area contributed by atoms with Crippen molar-refractivity contribution < 1.29 is 43.2 Å². The monoisotopic (exact) mass is 646 g/mol. The van der Waals surface area contributed by atoms with Crippen LogP contribution in [0.5, 0.6) is 11.5 Å². The summed E-state index contributed by atoms with van der Waals surface area (Å²) in [5.41, 5.74) is 0.835. The fourth-order valence-electron chi connectivity index (χ4n) is 5.28. The van der Waals surface area contributed by atoms with Crippen LogP contribution in [0.15, 0.2) is 42.5 Å². The van der Waals surface area contributed by atoms with Crippen molar-refractivity contribution in [2.24, 2.45) is 11.3 Å². The number of hydrogen-bond acceptors (Lipinski definition) is 8. The molecule has 45 heavy (non-hydrogen) atoms. The lowest BCUT2D eigenvalue weighted by Crippen LogP contribution is -2.47. The number of nitrogens with zero attached hydrogens (tertiary/aromatic N) is 2. The molecule has 12 heteroatoms. The number of carboxylic acids is 1. The summed E-state index contributed by atoms with van der Waals surface area (Å²) in [5.74, 6) is -0.164. The Kier molecular flexibility index (Phi) is 13.0. The smallest absolute Gasteiger partial charge is 0.303 e. The Morgan fingerprint density at radius 1 is 1.02 bits per heavy atom. The first-order valence-electron chi connectivity index (χ1n) is 14.8. The highest BCUT2D eigenvalue weighted by Gasteiger charge is 2.37. The third kappa shape index (κ3) is 10.6. The second-order valence-electron chi connectivity index (χ2n) is 11.9. The lowest BCUT2D eigenvalue weighted by molar-refractivity contribution is -0.145. The van der Waals surface area contributed by atoms with Crippen molar-refractivity contribution in [3.63, 3.8) is 0 Å². The molecular weight excluding hydrogens is 604 g/mol. The van der Waals surface area contributed by atoms with E-state index < -0.39 is 23.5 Å². The minimum absolute atomic E-state index is 0.0569. The number of likely N-dealkylation sites (tertiary alicyclic amines) is 1. The Balaban J connectivity index is 0.000000468. The van der Waals surface area contributed by atoms with E-state index in [1.807, 2.05) is 38.1 Å². The number of rotatable bonds is 10. The van der Waals surface area contributed by atoms with Gasteiger partial charge in [-0.25, -0.2) is 0 Å². The quantitative estimate of drug-likeness (QED) is 0.356. The molecular formula is C33H43ClN2O9. The zero-order chi connectivity index (χ0) is 33.1. The minimum atomic E-state index is -0.977. The average Bonchev–Trinajstić information content (AvgIpc) is 3.12. The Labute approximate surface area is 269 Å². The molecule has 0 spiro atoms. The van der Waals surface area contributed by atoms with Crippen LogP contribution in [-0.4, -0.2) is 80.3 Å². The molecule has 1 fully saturated rings. The maximum absolute atomic E-state index is 13.6. The molecule has 2 heterocycles. The lowest BCUT2D eigenvalue weighted by Gasteiger charge is -2.34. The number of hydrogen-bond donors (Lipinski definition) is 1. The van der Waals surface area contributed by atoms with Gasteiger partial charge in [0.1, 0.15) is 6.10 Å². The van der Waals surface area contributed by atoms with Crippen LogP contribution in [0.2, 0.25) is 5.02 Å². The van der Waals surface area contributed by atoms with Gasteiger partial charge in [-0.2, -0.15) is 0 Å². The van der Waals surface area contributed by atoms with E-state index >= 15 is 0 Å². The van der Waals surface area contributed by atoms with Crippen molar-refractivity contribution in [1.82, 2.24) is 4.90 Å². The minimum Gasteiger partial charge on any atom is -0.493 e. The van der Waals surface area contributed by atoms with E-state index in [2.05, 4.69) is 0 Å². The molecule has 0 saturated carbocycles. The van der Waals surface area contributed by atoms with Gasteiger partial charge in [0.2, 0.25) is 5.91 Å². The topological polar surface area (TPSA) is 132 Å². The van der Waals surface area contributed by atoms with E-state index in [4.69, 9.17) is 35.7 Å². The van der Waals surface area contributed by atoms with Crippen LogP contribution in [0.25, 0.3) is 0 Å². The number of amides is 2. The number of carbonyl (C=O) groups is 4. The number of piperidine rings is 1. The third-order valence-corrected chi connectivity index (χ3v) is 7.88. The normalized spacial score (nSPS) is 16.9. The second-order valence-corrected chi connectivity index (χ2v) is 12.4. The molecule has 1 atom stereocenters. The van der Waals surface area contributed by atoms with Crippen LogP contribution in [0.4, 0.5) is 5.69 Å². The lowest BCUT2D eigenvalue weighted by atomic mass is 9.92. The number of para-hydroxylation sites is 2. The fourth-order valence-corrected chi connectivity index (χ4v) is 5.47. The molecule has 2 amide bonds. The molecule has 2 aliphatic heterocycles. The number of ether oxygens (including phenoxy) is 4. The predicted molar refractivity (Wildman–Crippen MR) is 169 cm³/mol. The van der Waals surface area contributed by atoms with Gasteiger partial charge in [0.05, 0.1) is 33.9 Å². The first kappa shape index (κ1) is 35.6. The van der Waals surface area contributed by atoms with E-state index in [0.717, 1.165) is 17.1 Å². The number of halogens is 1. The van der Waals surface area contributed by atoms with Gasteiger partial charge in [0.15, 0.2) is 11.5 Å². The second kappa shape index (κ2) is 16.5. The summed E-state index contributed by atoms with van der Waals surface area (Å²) in [6.45, 7) is 6.57. The van der Waals surface area contributed by atoms with E-state index in [0.29, 0.717) is 36.6 Å². The number of carbonyl (C=O) groups excluding carboxylic acids is 3. The predicted octanol–water partition coefficient (Wildman–Crippen LogP) is 4.97. The molecule has 246 valence electrons. The Bertz CT molecular complexity index is 1320. The number of anilines is 1. The zero-order valence-corrected chi connectivity index (χ0v) is 27.3. The van der Waals surface area contributed by atoms with Crippen LogP contribution in [0, 0.1) is 11.3 Å².